The normalized spacial score (nSPS) is 11.4. The third-order valence-corrected chi connectivity index (χ3v) is 1.86. The van der Waals surface area contributed by atoms with Gasteiger partial charge in [-0.15, -0.1) is 5.10 Å². The quantitative estimate of drug-likeness (QED) is 0.481. The largest absolute Gasteiger partial charge is 0.368 e. The van der Waals surface area contributed by atoms with Crippen molar-refractivity contribution >= 4 is 11.6 Å². The van der Waals surface area contributed by atoms with Gasteiger partial charge in [0.2, 0.25) is 5.95 Å². The monoisotopic (exact) mass is 175 g/mol. The van der Waals surface area contributed by atoms with Crippen LogP contribution in [0.1, 0.15) is 0 Å². The molecule has 3 rings (SSSR count). The number of anilines is 1. The molecule has 0 unspecified atom stereocenters. The van der Waals surface area contributed by atoms with Crippen LogP contribution in [0.5, 0.6) is 0 Å². The van der Waals surface area contributed by atoms with E-state index in [4.69, 9.17) is 5.73 Å². The van der Waals surface area contributed by atoms with Crippen LogP contribution >= 0.6 is 0 Å². The third kappa shape index (κ3) is 0.675. The number of nitrogens with one attached hydrogen (secondary N) is 1. The number of rotatable bonds is 0. The van der Waals surface area contributed by atoms with Gasteiger partial charge in [0, 0.05) is 0 Å². The van der Waals surface area contributed by atoms with Crippen molar-refractivity contribution in [3.63, 3.8) is 0 Å². The highest BCUT2D eigenvalue weighted by Crippen LogP contribution is 2.21. The van der Waals surface area contributed by atoms with Crippen molar-refractivity contribution in [3.05, 3.63) is 12.5 Å². The molecule has 7 heteroatoms. The van der Waals surface area contributed by atoms with E-state index in [0.717, 1.165) is 5.56 Å². The predicted octanol–water partition coefficient (Wildman–Crippen LogP) is -0.466. The van der Waals surface area contributed by atoms with Gasteiger partial charge < -0.3 is 5.73 Å². The lowest BCUT2D eigenvalue weighted by Crippen LogP contribution is -2.04. The summed E-state index contributed by atoms with van der Waals surface area (Å²) in [5, 5.41) is 10.4. The van der Waals surface area contributed by atoms with Gasteiger partial charge in [0.25, 0.3) is 0 Å². The molecule has 1 aromatic rings. The second kappa shape index (κ2) is 1.94. The van der Waals surface area contributed by atoms with Crippen molar-refractivity contribution in [1.29, 1.82) is 0 Å². The minimum Gasteiger partial charge on any atom is -0.368 e. The summed E-state index contributed by atoms with van der Waals surface area (Å²) in [6.45, 7) is 0. The first-order valence-electron chi connectivity index (χ1n) is 3.65. The number of nitrogens with two attached hydrogens (primary N) is 1. The topological polar surface area (TPSA) is 97.8 Å². The van der Waals surface area contributed by atoms with Crippen LogP contribution in [0, 0.1) is 0 Å². The van der Waals surface area contributed by atoms with Crippen molar-refractivity contribution in [2.75, 3.05) is 5.73 Å². The van der Waals surface area contributed by atoms with Crippen LogP contribution < -0.4 is 5.73 Å². The molecule has 13 heavy (non-hydrogen) atoms. The number of nitrogen functional groups attached to an aromatic ring is 1. The molecule has 64 valence electrons. The Hall–Kier alpha value is -2.18. The highest BCUT2D eigenvalue weighted by atomic mass is 15.3. The van der Waals surface area contributed by atoms with E-state index in [1.807, 2.05) is 0 Å². The highest BCUT2D eigenvalue weighted by Gasteiger charge is 2.14. The zero-order valence-corrected chi connectivity index (χ0v) is 6.47. The molecular weight excluding hydrogens is 170 g/mol. The number of nitrogens with zero attached hydrogens (tertiary/aromatic N) is 5. The maximum atomic E-state index is 5.64. The van der Waals surface area contributed by atoms with Gasteiger partial charge in [0.05, 0.1) is 11.8 Å². The molecule has 0 bridgehead atoms. The molecule has 0 radical (unpaired) electrons. The highest BCUT2D eigenvalue weighted by molar-refractivity contribution is 5.73. The first kappa shape index (κ1) is 6.35. The van der Waals surface area contributed by atoms with E-state index in [0.29, 0.717) is 17.4 Å². The summed E-state index contributed by atoms with van der Waals surface area (Å²) in [7, 11) is 0. The van der Waals surface area contributed by atoms with Gasteiger partial charge in [-0.3, -0.25) is 5.10 Å². The Morgan fingerprint density at radius 1 is 1.46 bits per heavy atom. The standard InChI is InChI=1S/C6H5N7/c7-6-11-4-3(1-9-12-4)5-8-2-10-13(5)6/h1-2H,(H,8,10)(H2,7,11,12). The fraction of sp³-hybridized carbons (Fsp3) is 0. The van der Waals surface area contributed by atoms with Gasteiger partial charge in [-0.05, 0) is 0 Å². The maximum Gasteiger partial charge on any atom is 0.223 e. The number of hydrogen-bond donors (Lipinski definition) is 2. The molecule has 0 amide bonds. The molecule has 0 aliphatic carbocycles. The Bertz CT molecular complexity index is 535. The molecule has 0 fully saturated rings. The van der Waals surface area contributed by atoms with E-state index >= 15 is 0 Å². The average Bonchev–Trinajstić information content (AvgIpc) is 2.66. The van der Waals surface area contributed by atoms with E-state index < -0.39 is 0 Å². The lowest BCUT2D eigenvalue weighted by molar-refractivity contribution is 0.932. The zero-order valence-electron chi connectivity index (χ0n) is 6.47. The van der Waals surface area contributed by atoms with Gasteiger partial charge in [0.1, 0.15) is 6.33 Å². The van der Waals surface area contributed by atoms with E-state index in [-0.39, 0.29) is 0 Å². The number of aromatic amines is 1. The van der Waals surface area contributed by atoms with Gasteiger partial charge >= 0.3 is 0 Å². The molecule has 3 N–H and O–H groups in total. The Morgan fingerprint density at radius 3 is 3.31 bits per heavy atom. The van der Waals surface area contributed by atoms with E-state index in [9.17, 15) is 0 Å². The summed E-state index contributed by atoms with van der Waals surface area (Å²) in [5.41, 5.74) is 7.11. The number of hydrogen-bond acceptors (Lipinski definition) is 5. The minimum absolute atomic E-state index is 0.320. The fourth-order valence-electron chi connectivity index (χ4n) is 1.28. The molecule has 1 aromatic heterocycles. The van der Waals surface area contributed by atoms with E-state index in [1.54, 1.807) is 17.0 Å². The summed E-state index contributed by atoms with van der Waals surface area (Å²) in [6, 6.07) is 0. The summed E-state index contributed by atoms with van der Waals surface area (Å²) in [4.78, 5) is 8.12. The molecule has 3 heterocycles. The second-order valence-corrected chi connectivity index (χ2v) is 2.60. The van der Waals surface area contributed by atoms with Gasteiger partial charge in [-0.25, -0.2) is 9.50 Å². The van der Waals surface area contributed by atoms with Crippen LogP contribution in [0.3, 0.4) is 0 Å². The van der Waals surface area contributed by atoms with E-state index in [1.165, 1.54) is 0 Å². The second-order valence-electron chi connectivity index (χ2n) is 2.60. The van der Waals surface area contributed by atoms with Crippen molar-refractivity contribution in [3.8, 4) is 11.4 Å². The average molecular weight is 175 g/mol. The molecule has 2 aliphatic heterocycles. The Labute approximate surface area is 72.0 Å². The minimum atomic E-state index is 0.320. The maximum absolute atomic E-state index is 5.64. The molecule has 0 saturated carbocycles. The number of H-pyrrole nitrogens is 1. The molecule has 2 aliphatic rings. The predicted molar refractivity (Wildman–Crippen MR) is 44.0 cm³/mol. The van der Waals surface area contributed by atoms with Crippen molar-refractivity contribution in [2.24, 2.45) is 0 Å². The van der Waals surface area contributed by atoms with Gasteiger partial charge in [-0.1, -0.05) is 0 Å². The summed E-state index contributed by atoms with van der Waals surface area (Å²) < 4.78 is 1.58. The lowest BCUT2D eigenvalue weighted by Gasteiger charge is -2.00. The molecule has 0 aromatic carbocycles. The van der Waals surface area contributed by atoms with Crippen LogP contribution in [-0.4, -0.2) is 29.8 Å². The van der Waals surface area contributed by atoms with Crippen LogP contribution in [0.25, 0.3) is 17.0 Å². The van der Waals surface area contributed by atoms with Gasteiger partial charge in [0.15, 0.2) is 11.5 Å². The summed E-state index contributed by atoms with van der Waals surface area (Å²) >= 11 is 0. The zero-order chi connectivity index (χ0) is 8.84. The fourth-order valence-corrected chi connectivity index (χ4v) is 1.28. The molecule has 0 spiro atoms. The Balaban J connectivity index is 2.62. The van der Waals surface area contributed by atoms with Crippen molar-refractivity contribution in [1.82, 2.24) is 29.8 Å². The molecular formula is C6H5N7. The van der Waals surface area contributed by atoms with Crippen molar-refractivity contribution < 1.29 is 0 Å². The molecule has 7 nitrogen and oxygen atoms in total. The summed E-state index contributed by atoms with van der Waals surface area (Å²) in [6.07, 6.45) is 3.15. The van der Waals surface area contributed by atoms with Crippen LogP contribution in [0.4, 0.5) is 5.95 Å². The lowest BCUT2D eigenvalue weighted by atomic mass is 10.3. The van der Waals surface area contributed by atoms with Crippen LogP contribution in [0.2, 0.25) is 0 Å². The SMILES string of the molecule is Nc1nc2nncc-2c2nc[nH]n12. The van der Waals surface area contributed by atoms with Crippen LogP contribution in [0.15, 0.2) is 12.5 Å². The smallest absolute Gasteiger partial charge is 0.223 e. The van der Waals surface area contributed by atoms with Crippen molar-refractivity contribution in [2.45, 2.75) is 0 Å². The first-order valence-corrected chi connectivity index (χ1v) is 3.65. The molecule has 0 atom stereocenters. The van der Waals surface area contributed by atoms with Gasteiger partial charge in [-0.2, -0.15) is 10.1 Å². The molecule has 0 saturated heterocycles. The van der Waals surface area contributed by atoms with E-state index in [2.05, 4.69) is 25.3 Å². The van der Waals surface area contributed by atoms with Crippen LogP contribution in [-0.2, 0) is 0 Å². The number of fused-ring (bicyclic) bond motifs is 3. The Kier molecular flexibility index (Phi) is 0.950. The number of aromatic nitrogens is 6. The summed E-state index contributed by atoms with van der Waals surface area (Å²) in [5.74, 6) is 0.838. The first-order chi connectivity index (χ1) is 6.36. The third-order valence-electron chi connectivity index (χ3n) is 1.86. The Morgan fingerprint density at radius 2 is 2.38 bits per heavy atom.